The lowest BCUT2D eigenvalue weighted by atomic mass is 9.95. The normalized spacial score (nSPS) is 11.6. The van der Waals surface area contributed by atoms with Gasteiger partial charge in [0.05, 0.1) is 33.1 Å². The van der Waals surface area contributed by atoms with E-state index >= 15 is 0 Å². The highest BCUT2D eigenvalue weighted by Crippen LogP contribution is 2.40. The number of hydrogen-bond donors (Lipinski definition) is 0. The van der Waals surface area contributed by atoms with E-state index in [2.05, 4.69) is 153 Å². The zero-order valence-corrected chi connectivity index (χ0v) is 31.1. The third-order valence-corrected chi connectivity index (χ3v) is 11.2. The molecule has 0 saturated heterocycles. The molecule has 0 N–H and O–H groups in total. The molecule has 11 aromatic rings. The molecule has 6 heterocycles. The maximum atomic E-state index is 4.98. The van der Waals surface area contributed by atoms with Crippen LogP contribution in [0.5, 0.6) is 0 Å². The van der Waals surface area contributed by atoms with E-state index in [1.165, 1.54) is 16.7 Å². The molecule has 11 rings (SSSR count). The summed E-state index contributed by atoms with van der Waals surface area (Å²) in [5, 5.41) is 2.26. The molecular formula is C51H34N6. The molecule has 6 nitrogen and oxygen atoms in total. The first-order valence-corrected chi connectivity index (χ1v) is 19.1. The van der Waals surface area contributed by atoms with E-state index in [9.17, 15) is 0 Å². The largest absolute Gasteiger partial charge is 0.308 e. The number of nitrogens with zero attached hydrogens (tertiary/aromatic N) is 6. The molecule has 0 saturated carbocycles. The molecule has 5 aromatic carbocycles. The minimum absolute atomic E-state index is 0.972. The maximum absolute atomic E-state index is 4.98. The van der Waals surface area contributed by atoms with Crippen LogP contribution in [0.25, 0.3) is 99.8 Å². The number of pyridine rings is 4. The minimum Gasteiger partial charge on any atom is -0.308 e. The molecule has 0 spiro atoms. The van der Waals surface area contributed by atoms with Crippen molar-refractivity contribution in [2.24, 2.45) is 0 Å². The summed E-state index contributed by atoms with van der Waals surface area (Å²) < 4.78 is 4.69. The Labute approximate surface area is 329 Å². The van der Waals surface area contributed by atoms with Crippen LogP contribution < -0.4 is 0 Å². The van der Waals surface area contributed by atoms with Gasteiger partial charge in [0.2, 0.25) is 0 Å². The number of fused-ring (bicyclic) bond motifs is 6. The Kier molecular flexibility index (Phi) is 7.60. The molecule has 6 aromatic heterocycles. The smallest absolute Gasteiger partial charge is 0.0966 e. The van der Waals surface area contributed by atoms with Crippen LogP contribution in [0.4, 0.5) is 0 Å². The van der Waals surface area contributed by atoms with E-state index in [1.807, 2.05) is 61.4 Å². The standard InChI is InChI=1S/C51H34N6/c1-33-43(38-12-3-11-36(28-38)40-14-6-24-53-32-40)20-22-46-49(33)51-48(18-8-26-55-51)57(46)42-16-4-15-41(30-42)56-45-21-19-37(29-44(45)50-47(56)17-7-25-54-50)34-9-2-10-35(27-34)39-13-5-23-52-31-39/h2-32H,1H3. The predicted octanol–water partition coefficient (Wildman–Crippen LogP) is 12.4. The van der Waals surface area contributed by atoms with Gasteiger partial charge in [-0.1, -0.05) is 66.7 Å². The molecule has 0 aliphatic carbocycles. The van der Waals surface area contributed by atoms with E-state index in [0.717, 1.165) is 88.6 Å². The Hall–Kier alpha value is -7.70. The fourth-order valence-electron chi connectivity index (χ4n) is 8.55. The van der Waals surface area contributed by atoms with Crippen LogP contribution >= 0.6 is 0 Å². The zero-order chi connectivity index (χ0) is 37.9. The molecule has 268 valence electrons. The van der Waals surface area contributed by atoms with Crippen LogP contribution in [-0.2, 0) is 0 Å². The van der Waals surface area contributed by atoms with Crippen LogP contribution in [0.3, 0.4) is 0 Å². The van der Waals surface area contributed by atoms with Crippen LogP contribution in [0.1, 0.15) is 5.56 Å². The average molecular weight is 731 g/mol. The number of benzene rings is 5. The molecule has 0 unspecified atom stereocenters. The molecule has 0 fully saturated rings. The monoisotopic (exact) mass is 730 g/mol. The highest BCUT2D eigenvalue weighted by molar-refractivity contribution is 6.11. The van der Waals surface area contributed by atoms with Gasteiger partial charge in [0.1, 0.15) is 0 Å². The molecule has 0 amide bonds. The quantitative estimate of drug-likeness (QED) is 0.171. The number of hydrogen-bond acceptors (Lipinski definition) is 4. The Morgan fingerprint density at radius 3 is 1.60 bits per heavy atom. The lowest BCUT2D eigenvalue weighted by molar-refractivity contribution is 1.13. The van der Waals surface area contributed by atoms with Crippen molar-refractivity contribution in [2.45, 2.75) is 6.92 Å². The summed E-state index contributed by atoms with van der Waals surface area (Å²) in [5.74, 6) is 0. The van der Waals surface area contributed by atoms with Crippen molar-refractivity contribution in [1.82, 2.24) is 29.1 Å². The first-order valence-electron chi connectivity index (χ1n) is 19.1. The van der Waals surface area contributed by atoms with Gasteiger partial charge in [-0.2, -0.15) is 0 Å². The summed E-state index contributed by atoms with van der Waals surface area (Å²) in [6.07, 6.45) is 11.2. The van der Waals surface area contributed by atoms with E-state index in [1.54, 1.807) is 0 Å². The van der Waals surface area contributed by atoms with E-state index in [0.29, 0.717) is 0 Å². The zero-order valence-electron chi connectivity index (χ0n) is 31.1. The Morgan fingerprint density at radius 2 is 0.912 bits per heavy atom. The third-order valence-electron chi connectivity index (χ3n) is 11.2. The predicted molar refractivity (Wildman–Crippen MR) is 233 cm³/mol. The third kappa shape index (κ3) is 5.41. The lowest BCUT2D eigenvalue weighted by Crippen LogP contribution is -1.99. The second-order valence-corrected chi connectivity index (χ2v) is 14.4. The van der Waals surface area contributed by atoms with Crippen molar-refractivity contribution in [3.63, 3.8) is 0 Å². The van der Waals surface area contributed by atoms with Crippen LogP contribution in [0, 0.1) is 6.92 Å². The summed E-state index contributed by atoms with van der Waals surface area (Å²) in [6, 6.07) is 53.9. The molecule has 0 aliphatic rings. The van der Waals surface area contributed by atoms with Gasteiger partial charge in [0, 0.05) is 70.5 Å². The number of rotatable bonds is 6. The summed E-state index contributed by atoms with van der Waals surface area (Å²) in [6.45, 7) is 2.22. The van der Waals surface area contributed by atoms with Crippen molar-refractivity contribution in [3.05, 3.63) is 194 Å². The van der Waals surface area contributed by atoms with Crippen molar-refractivity contribution >= 4 is 43.9 Å². The first-order chi connectivity index (χ1) is 28.2. The maximum Gasteiger partial charge on any atom is 0.0966 e. The van der Waals surface area contributed by atoms with Gasteiger partial charge in [0.25, 0.3) is 0 Å². The highest BCUT2D eigenvalue weighted by atomic mass is 15.0. The van der Waals surface area contributed by atoms with Gasteiger partial charge >= 0.3 is 0 Å². The summed E-state index contributed by atoms with van der Waals surface area (Å²) in [7, 11) is 0. The van der Waals surface area contributed by atoms with Gasteiger partial charge in [-0.05, 0) is 131 Å². The molecule has 0 atom stereocenters. The highest BCUT2D eigenvalue weighted by Gasteiger charge is 2.20. The van der Waals surface area contributed by atoms with E-state index in [-0.39, 0.29) is 0 Å². The van der Waals surface area contributed by atoms with Crippen LogP contribution in [0.2, 0.25) is 0 Å². The van der Waals surface area contributed by atoms with Crippen molar-refractivity contribution in [3.8, 4) is 55.9 Å². The molecule has 57 heavy (non-hydrogen) atoms. The molecule has 0 radical (unpaired) electrons. The van der Waals surface area contributed by atoms with Crippen molar-refractivity contribution in [2.75, 3.05) is 0 Å². The Bertz CT molecular complexity index is 3310. The molecule has 0 bridgehead atoms. The molecule has 0 aliphatic heterocycles. The molecule has 6 heteroatoms. The van der Waals surface area contributed by atoms with E-state index < -0.39 is 0 Å². The first kappa shape index (κ1) is 32.7. The van der Waals surface area contributed by atoms with Gasteiger partial charge in [-0.25, -0.2) is 0 Å². The van der Waals surface area contributed by atoms with Gasteiger partial charge in [-0.3, -0.25) is 19.9 Å². The molecular weight excluding hydrogens is 697 g/mol. The Balaban J connectivity index is 1.05. The van der Waals surface area contributed by atoms with Crippen molar-refractivity contribution < 1.29 is 0 Å². The summed E-state index contributed by atoms with van der Waals surface area (Å²) in [4.78, 5) is 18.6. The minimum atomic E-state index is 0.972. The lowest BCUT2D eigenvalue weighted by Gasteiger charge is -2.14. The number of aryl methyl sites for hydroxylation is 1. The Morgan fingerprint density at radius 1 is 0.386 bits per heavy atom. The summed E-state index contributed by atoms with van der Waals surface area (Å²) >= 11 is 0. The van der Waals surface area contributed by atoms with Gasteiger partial charge in [0.15, 0.2) is 0 Å². The second-order valence-electron chi connectivity index (χ2n) is 14.4. The SMILES string of the molecule is Cc1c(-c2cccc(-c3cccnc3)c2)ccc2c1c1ncccc1n2-c1cccc(-n2c3ccc(-c4cccc(-c5cccnc5)c4)cc3c3ncccc32)c1. The van der Waals surface area contributed by atoms with Crippen molar-refractivity contribution in [1.29, 1.82) is 0 Å². The fourth-order valence-corrected chi connectivity index (χ4v) is 8.55. The van der Waals surface area contributed by atoms with E-state index in [4.69, 9.17) is 9.97 Å². The second kappa shape index (κ2) is 13.3. The van der Waals surface area contributed by atoms with Crippen LogP contribution in [-0.4, -0.2) is 29.1 Å². The van der Waals surface area contributed by atoms with Gasteiger partial charge < -0.3 is 9.13 Å². The number of aromatic nitrogens is 6. The van der Waals surface area contributed by atoms with Crippen LogP contribution in [0.15, 0.2) is 189 Å². The summed E-state index contributed by atoms with van der Waals surface area (Å²) in [5.41, 5.74) is 18.8. The topological polar surface area (TPSA) is 61.4 Å². The average Bonchev–Trinajstić information content (AvgIpc) is 3.80. The van der Waals surface area contributed by atoms with Gasteiger partial charge in [-0.15, -0.1) is 0 Å². The fraction of sp³-hybridized carbons (Fsp3) is 0.0196.